The first-order chi connectivity index (χ1) is 10.6. The Labute approximate surface area is 137 Å². The molecular formula is C17H26N2O4. The molecule has 0 aliphatic heterocycles. The molecule has 23 heavy (non-hydrogen) atoms. The van der Waals surface area contributed by atoms with Crippen molar-refractivity contribution in [3.8, 4) is 5.75 Å². The number of phenolic OH excluding ortho intramolecular Hbond substituents is 1. The molecule has 2 atom stereocenters. The third-order valence-corrected chi connectivity index (χ3v) is 3.26. The van der Waals surface area contributed by atoms with E-state index in [4.69, 9.17) is 10.5 Å². The van der Waals surface area contributed by atoms with Crippen molar-refractivity contribution >= 4 is 12.0 Å². The molecule has 0 aromatic heterocycles. The molecule has 0 heterocycles. The predicted octanol–water partition coefficient (Wildman–Crippen LogP) is 2.34. The number of hydrogen-bond acceptors (Lipinski definition) is 4. The van der Waals surface area contributed by atoms with Crippen molar-refractivity contribution in [2.45, 2.75) is 52.2 Å². The summed E-state index contributed by atoms with van der Waals surface area (Å²) in [4.78, 5) is 23.3. The minimum Gasteiger partial charge on any atom is -0.508 e. The van der Waals surface area contributed by atoms with Crippen LogP contribution in [-0.2, 0) is 16.0 Å². The van der Waals surface area contributed by atoms with Gasteiger partial charge in [0.25, 0.3) is 0 Å². The lowest BCUT2D eigenvalue weighted by Gasteiger charge is -2.25. The van der Waals surface area contributed by atoms with Crippen LogP contribution in [0, 0.1) is 5.92 Å². The van der Waals surface area contributed by atoms with Gasteiger partial charge in [0.1, 0.15) is 11.4 Å². The van der Waals surface area contributed by atoms with Gasteiger partial charge in [-0.1, -0.05) is 19.1 Å². The van der Waals surface area contributed by atoms with E-state index in [-0.39, 0.29) is 17.7 Å². The van der Waals surface area contributed by atoms with E-state index in [9.17, 15) is 14.7 Å². The zero-order valence-electron chi connectivity index (χ0n) is 14.1. The Morgan fingerprint density at radius 2 is 1.83 bits per heavy atom. The zero-order chi connectivity index (χ0) is 17.6. The third-order valence-electron chi connectivity index (χ3n) is 3.26. The van der Waals surface area contributed by atoms with Crippen molar-refractivity contribution in [1.82, 2.24) is 5.32 Å². The van der Waals surface area contributed by atoms with Crippen molar-refractivity contribution in [2.24, 2.45) is 11.7 Å². The summed E-state index contributed by atoms with van der Waals surface area (Å²) in [5.41, 5.74) is 5.65. The van der Waals surface area contributed by atoms with Gasteiger partial charge in [0.05, 0.1) is 0 Å². The van der Waals surface area contributed by atoms with Crippen molar-refractivity contribution in [1.29, 1.82) is 0 Å². The molecule has 0 saturated heterocycles. The van der Waals surface area contributed by atoms with E-state index in [0.29, 0.717) is 12.8 Å². The molecule has 0 radical (unpaired) electrons. The molecule has 0 bridgehead atoms. The molecule has 0 aliphatic carbocycles. The van der Waals surface area contributed by atoms with Crippen molar-refractivity contribution in [3.05, 3.63) is 29.8 Å². The van der Waals surface area contributed by atoms with E-state index < -0.39 is 17.6 Å². The highest BCUT2D eigenvalue weighted by atomic mass is 16.6. The number of hydrogen-bond donors (Lipinski definition) is 3. The molecule has 0 fully saturated rings. The fraction of sp³-hybridized carbons (Fsp3) is 0.529. The van der Waals surface area contributed by atoms with E-state index in [1.165, 1.54) is 0 Å². The summed E-state index contributed by atoms with van der Waals surface area (Å²) in [6.45, 7) is 7.08. The maximum absolute atomic E-state index is 12.0. The first-order valence-electron chi connectivity index (χ1n) is 7.63. The highest BCUT2D eigenvalue weighted by Crippen LogP contribution is 2.16. The van der Waals surface area contributed by atoms with Gasteiger partial charge in [-0.05, 0) is 51.3 Å². The van der Waals surface area contributed by atoms with E-state index in [0.717, 1.165) is 5.56 Å². The maximum Gasteiger partial charge on any atom is 0.407 e. The Bertz CT molecular complexity index is 535. The minimum absolute atomic E-state index is 0.177. The Hall–Kier alpha value is -2.24. The number of primary amides is 1. The Balaban J connectivity index is 2.77. The molecule has 6 nitrogen and oxygen atoms in total. The number of nitrogens with one attached hydrogen (secondary N) is 1. The Morgan fingerprint density at radius 3 is 2.30 bits per heavy atom. The lowest BCUT2D eigenvalue weighted by Crippen LogP contribution is -2.42. The number of carbonyl (C=O) groups excluding carboxylic acids is 2. The fourth-order valence-electron chi connectivity index (χ4n) is 2.13. The highest BCUT2D eigenvalue weighted by molar-refractivity contribution is 5.76. The first-order valence-corrected chi connectivity index (χ1v) is 7.63. The third kappa shape index (κ3) is 7.54. The summed E-state index contributed by atoms with van der Waals surface area (Å²) < 4.78 is 5.26. The molecule has 2 amide bonds. The molecule has 0 aliphatic rings. The van der Waals surface area contributed by atoms with E-state index in [2.05, 4.69) is 5.32 Å². The van der Waals surface area contributed by atoms with E-state index in [1.807, 2.05) is 0 Å². The number of phenols is 1. The molecule has 128 valence electrons. The predicted molar refractivity (Wildman–Crippen MR) is 87.9 cm³/mol. The normalized spacial score (nSPS) is 13.9. The van der Waals surface area contributed by atoms with Gasteiger partial charge >= 0.3 is 6.09 Å². The highest BCUT2D eigenvalue weighted by Gasteiger charge is 2.22. The van der Waals surface area contributed by atoms with Gasteiger partial charge in [0.2, 0.25) is 5.91 Å². The number of carbonyl (C=O) groups is 2. The molecule has 4 N–H and O–H groups in total. The Morgan fingerprint density at radius 1 is 1.26 bits per heavy atom. The smallest absolute Gasteiger partial charge is 0.407 e. The minimum atomic E-state index is -0.595. The average molecular weight is 322 g/mol. The average Bonchev–Trinajstić information content (AvgIpc) is 2.38. The van der Waals surface area contributed by atoms with Gasteiger partial charge in [-0.25, -0.2) is 4.79 Å². The molecule has 1 aromatic rings. The molecule has 1 unspecified atom stereocenters. The molecule has 6 heteroatoms. The first kappa shape index (κ1) is 18.8. The molecule has 1 rings (SSSR count). The van der Waals surface area contributed by atoms with Gasteiger partial charge in [0, 0.05) is 12.0 Å². The SMILES string of the molecule is CC(C[C@H](Cc1ccc(O)cc1)NC(=O)OC(C)(C)C)C(N)=O. The molecular weight excluding hydrogens is 296 g/mol. The van der Waals surface area contributed by atoms with Crippen LogP contribution in [0.3, 0.4) is 0 Å². The lowest BCUT2D eigenvalue weighted by atomic mass is 9.96. The number of benzene rings is 1. The quantitative estimate of drug-likeness (QED) is 0.748. The summed E-state index contributed by atoms with van der Waals surface area (Å²) in [7, 11) is 0. The Kier molecular flexibility index (Phi) is 6.42. The number of rotatable bonds is 6. The van der Waals surface area contributed by atoms with E-state index >= 15 is 0 Å². The topological polar surface area (TPSA) is 102 Å². The summed E-state index contributed by atoms with van der Waals surface area (Å²) in [6, 6.07) is 6.41. The van der Waals surface area contributed by atoms with Gasteiger partial charge in [-0.3, -0.25) is 4.79 Å². The second-order valence-corrected chi connectivity index (χ2v) is 6.75. The number of nitrogens with two attached hydrogens (primary N) is 1. The van der Waals surface area contributed by atoms with Gasteiger partial charge in [-0.15, -0.1) is 0 Å². The van der Waals surface area contributed by atoms with Crippen LogP contribution in [0.15, 0.2) is 24.3 Å². The molecule has 1 aromatic carbocycles. The molecule has 0 spiro atoms. The zero-order valence-corrected chi connectivity index (χ0v) is 14.1. The molecule has 0 saturated carbocycles. The second kappa shape index (κ2) is 7.85. The van der Waals surface area contributed by atoms with Crippen LogP contribution in [0.1, 0.15) is 39.7 Å². The summed E-state index contributed by atoms with van der Waals surface area (Å²) in [6.07, 6.45) is 0.394. The summed E-state index contributed by atoms with van der Waals surface area (Å²) in [5, 5.41) is 12.1. The summed E-state index contributed by atoms with van der Waals surface area (Å²) in [5.74, 6) is -0.602. The second-order valence-electron chi connectivity index (χ2n) is 6.75. The largest absolute Gasteiger partial charge is 0.508 e. The van der Waals surface area contributed by atoms with Crippen molar-refractivity contribution < 1.29 is 19.4 Å². The van der Waals surface area contributed by atoms with Crippen LogP contribution < -0.4 is 11.1 Å². The van der Waals surface area contributed by atoms with Gasteiger partial charge < -0.3 is 20.9 Å². The van der Waals surface area contributed by atoms with Crippen LogP contribution in [0.4, 0.5) is 4.79 Å². The number of aromatic hydroxyl groups is 1. The monoisotopic (exact) mass is 322 g/mol. The lowest BCUT2D eigenvalue weighted by molar-refractivity contribution is -0.121. The van der Waals surface area contributed by atoms with Crippen LogP contribution in [-0.4, -0.2) is 28.7 Å². The maximum atomic E-state index is 12.0. The number of amides is 2. The number of ether oxygens (including phenoxy) is 1. The summed E-state index contributed by atoms with van der Waals surface area (Å²) >= 11 is 0. The van der Waals surface area contributed by atoms with E-state index in [1.54, 1.807) is 52.0 Å². The van der Waals surface area contributed by atoms with Gasteiger partial charge in [-0.2, -0.15) is 0 Å². The van der Waals surface area contributed by atoms with Gasteiger partial charge in [0.15, 0.2) is 0 Å². The van der Waals surface area contributed by atoms with Crippen LogP contribution in [0.25, 0.3) is 0 Å². The van der Waals surface area contributed by atoms with Crippen LogP contribution >= 0.6 is 0 Å². The van der Waals surface area contributed by atoms with Crippen molar-refractivity contribution in [3.63, 3.8) is 0 Å². The fourth-order valence-corrected chi connectivity index (χ4v) is 2.13. The van der Waals surface area contributed by atoms with Crippen LogP contribution in [0.2, 0.25) is 0 Å². The van der Waals surface area contributed by atoms with Crippen molar-refractivity contribution in [2.75, 3.05) is 0 Å². The van der Waals surface area contributed by atoms with Crippen LogP contribution in [0.5, 0.6) is 5.75 Å². The standard InChI is InChI=1S/C17H26N2O4/c1-11(15(18)21)9-13(19-16(22)23-17(2,3)4)10-12-5-7-14(20)8-6-12/h5-8,11,13,20H,9-10H2,1-4H3,(H2,18,21)(H,19,22)/t11?,13-/m1/s1. The number of alkyl carbamates (subject to hydrolysis) is 1.